The van der Waals surface area contributed by atoms with Gasteiger partial charge in [0, 0.05) is 6.04 Å². The highest BCUT2D eigenvalue weighted by atomic mass is 15.2. The van der Waals surface area contributed by atoms with Crippen molar-refractivity contribution in [2.45, 2.75) is 39.3 Å². The fourth-order valence-corrected chi connectivity index (χ4v) is 2.26. The van der Waals surface area contributed by atoms with E-state index in [0.717, 1.165) is 12.2 Å². The maximum atomic E-state index is 4.21. The lowest BCUT2D eigenvalue weighted by atomic mass is 9.96. The Labute approximate surface area is 114 Å². The molecule has 0 spiro atoms. The summed E-state index contributed by atoms with van der Waals surface area (Å²) in [4.78, 5) is 4.21. The van der Waals surface area contributed by atoms with E-state index < -0.39 is 0 Å². The molecule has 0 fully saturated rings. The van der Waals surface area contributed by atoms with Crippen LogP contribution in [-0.4, -0.2) is 15.2 Å². The van der Waals surface area contributed by atoms with Crippen LogP contribution in [0, 0.1) is 5.92 Å². The Morgan fingerprint density at radius 2 is 1.89 bits per heavy atom. The van der Waals surface area contributed by atoms with E-state index in [1.54, 1.807) is 6.33 Å². The highest BCUT2D eigenvalue weighted by Crippen LogP contribution is 2.24. The van der Waals surface area contributed by atoms with E-state index in [0.29, 0.717) is 12.0 Å². The monoisotopic (exact) mass is 258 g/mol. The third-order valence-corrected chi connectivity index (χ3v) is 3.20. The van der Waals surface area contributed by atoms with Gasteiger partial charge in [-0.25, -0.2) is 4.98 Å². The van der Waals surface area contributed by atoms with E-state index in [1.807, 2.05) is 0 Å². The van der Waals surface area contributed by atoms with Gasteiger partial charge in [-0.3, -0.25) is 5.10 Å². The van der Waals surface area contributed by atoms with Crippen LogP contribution in [0.1, 0.15) is 50.7 Å². The Morgan fingerprint density at radius 3 is 2.47 bits per heavy atom. The van der Waals surface area contributed by atoms with Crippen molar-refractivity contribution in [2.24, 2.45) is 5.92 Å². The molecule has 0 aliphatic heterocycles. The first-order valence-corrected chi connectivity index (χ1v) is 6.83. The number of aromatic amines is 1. The largest absolute Gasteiger partial charge is 0.301 e. The zero-order valence-corrected chi connectivity index (χ0v) is 11.8. The van der Waals surface area contributed by atoms with Gasteiger partial charge in [-0.05, 0) is 24.8 Å². The second-order valence-corrected chi connectivity index (χ2v) is 5.35. The lowest BCUT2D eigenvalue weighted by Gasteiger charge is -2.24. The summed E-state index contributed by atoms with van der Waals surface area (Å²) < 4.78 is 0. The summed E-state index contributed by atoms with van der Waals surface area (Å²) in [6, 6.07) is 11.1. The summed E-state index contributed by atoms with van der Waals surface area (Å²) in [5, 5.41) is 10.5. The van der Waals surface area contributed by atoms with Crippen molar-refractivity contribution in [3.8, 4) is 0 Å². The molecule has 0 radical (unpaired) electrons. The zero-order chi connectivity index (χ0) is 13.7. The number of nitrogens with one attached hydrogen (secondary N) is 2. The molecule has 2 rings (SSSR count). The Morgan fingerprint density at radius 1 is 1.16 bits per heavy atom. The third-order valence-electron chi connectivity index (χ3n) is 3.20. The van der Waals surface area contributed by atoms with E-state index in [9.17, 15) is 0 Å². The van der Waals surface area contributed by atoms with Crippen LogP contribution in [0.5, 0.6) is 0 Å². The summed E-state index contributed by atoms with van der Waals surface area (Å²) >= 11 is 0. The second kappa shape index (κ2) is 6.48. The van der Waals surface area contributed by atoms with E-state index in [-0.39, 0.29) is 6.04 Å². The number of aromatic nitrogens is 3. The number of H-pyrrole nitrogens is 1. The maximum Gasteiger partial charge on any atom is 0.141 e. The highest BCUT2D eigenvalue weighted by Gasteiger charge is 2.17. The summed E-state index contributed by atoms with van der Waals surface area (Å²) in [5.74, 6) is 1.52. The molecule has 4 nitrogen and oxygen atoms in total. The Hall–Kier alpha value is -1.68. The van der Waals surface area contributed by atoms with Crippen LogP contribution in [0.15, 0.2) is 36.7 Å². The predicted molar refractivity (Wildman–Crippen MR) is 76.6 cm³/mol. The van der Waals surface area contributed by atoms with Crippen molar-refractivity contribution in [2.75, 3.05) is 0 Å². The minimum atomic E-state index is 0.159. The summed E-state index contributed by atoms with van der Waals surface area (Å²) in [7, 11) is 0. The molecule has 102 valence electrons. The summed E-state index contributed by atoms with van der Waals surface area (Å²) in [6.45, 7) is 6.60. The van der Waals surface area contributed by atoms with Crippen molar-refractivity contribution in [1.29, 1.82) is 0 Å². The lowest BCUT2D eigenvalue weighted by Crippen LogP contribution is -2.26. The van der Waals surface area contributed by atoms with Crippen molar-refractivity contribution in [3.63, 3.8) is 0 Å². The van der Waals surface area contributed by atoms with Crippen LogP contribution in [0.3, 0.4) is 0 Å². The molecule has 0 amide bonds. The van der Waals surface area contributed by atoms with Gasteiger partial charge in [-0.2, -0.15) is 5.10 Å². The Balaban J connectivity index is 2.10. The number of hydrogen-bond donors (Lipinski definition) is 2. The molecule has 1 aromatic carbocycles. The first-order chi connectivity index (χ1) is 9.16. The molecule has 2 aromatic rings. The minimum Gasteiger partial charge on any atom is -0.301 e. The molecule has 1 heterocycles. The van der Waals surface area contributed by atoms with Gasteiger partial charge in [-0.1, -0.05) is 44.2 Å². The fourth-order valence-electron chi connectivity index (χ4n) is 2.26. The number of benzene rings is 1. The van der Waals surface area contributed by atoms with E-state index >= 15 is 0 Å². The van der Waals surface area contributed by atoms with Crippen molar-refractivity contribution >= 4 is 0 Å². The Kier molecular flexibility index (Phi) is 4.68. The van der Waals surface area contributed by atoms with Crippen LogP contribution in [-0.2, 0) is 0 Å². The van der Waals surface area contributed by atoms with Gasteiger partial charge in [0.05, 0.1) is 6.04 Å². The average molecular weight is 258 g/mol. The highest BCUT2D eigenvalue weighted by molar-refractivity contribution is 5.19. The predicted octanol–water partition coefficient (Wildman–Crippen LogP) is 3.24. The molecule has 0 saturated carbocycles. The van der Waals surface area contributed by atoms with Gasteiger partial charge in [0.2, 0.25) is 0 Å². The quantitative estimate of drug-likeness (QED) is 0.836. The van der Waals surface area contributed by atoms with Crippen molar-refractivity contribution < 1.29 is 0 Å². The first kappa shape index (κ1) is 13.7. The molecule has 4 heteroatoms. The normalized spacial score (nSPS) is 14.5. The van der Waals surface area contributed by atoms with Gasteiger partial charge in [-0.15, -0.1) is 0 Å². The standard InChI is InChI=1S/C15H22N4/c1-11(2)9-14(13-7-5-4-6-8-13)18-12(3)15-16-10-17-19-15/h4-8,10-12,14,18H,9H2,1-3H3,(H,16,17,19). The zero-order valence-electron chi connectivity index (χ0n) is 11.8. The van der Waals surface area contributed by atoms with Gasteiger partial charge >= 0.3 is 0 Å². The van der Waals surface area contributed by atoms with Gasteiger partial charge in [0.15, 0.2) is 0 Å². The molecular formula is C15H22N4. The van der Waals surface area contributed by atoms with Crippen LogP contribution < -0.4 is 5.32 Å². The number of rotatable bonds is 6. The van der Waals surface area contributed by atoms with Crippen molar-refractivity contribution in [3.05, 3.63) is 48.0 Å². The SMILES string of the molecule is CC(C)CC(NC(C)c1ncn[nH]1)c1ccccc1. The molecule has 0 saturated heterocycles. The minimum absolute atomic E-state index is 0.159. The molecular weight excluding hydrogens is 236 g/mol. The van der Waals surface area contributed by atoms with E-state index in [1.165, 1.54) is 5.56 Å². The van der Waals surface area contributed by atoms with Gasteiger partial charge in [0.25, 0.3) is 0 Å². The summed E-state index contributed by atoms with van der Waals surface area (Å²) in [6.07, 6.45) is 2.65. The molecule has 0 aliphatic rings. The molecule has 2 atom stereocenters. The smallest absolute Gasteiger partial charge is 0.141 e. The third kappa shape index (κ3) is 3.89. The van der Waals surface area contributed by atoms with Crippen LogP contribution >= 0.6 is 0 Å². The number of hydrogen-bond acceptors (Lipinski definition) is 3. The van der Waals surface area contributed by atoms with Crippen molar-refractivity contribution in [1.82, 2.24) is 20.5 Å². The molecule has 0 bridgehead atoms. The average Bonchev–Trinajstić information content (AvgIpc) is 2.92. The fraction of sp³-hybridized carbons (Fsp3) is 0.467. The first-order valence-electron chi connectivity index (χ1n) is 6.83. The molecule has 1 aromatic heterocycles. The molecule has 19 heavy (non-hydrogen) atoms. The lowest BCUT2D eigenvalue weighted by molar-refractivity contribution is 0.387. The van der Waals surface area contributed by atoms with Gasteiger partial charge < -0.3 is 5.32 Å². The molecule has 0 aliphatic carbocycles. The van der Waals surface area contributed by atoms with Crippen LogP contribution in [0.25, 0.3) is 0 Å². The summed E-state index contributed by atoms with van der Waals surface area (Å²) in [5.41, 5.74) is 1.32. The van der Waals surface area contributed by atoms with Crippen LogP contribution in [0.4, 0.5) is 0 Å². The van der Waals surface area contributed by atoms with E-state index in [4.69, 9.17) is 0 Å². The van der Waals surface area contributed by atoms with Crippen LogP contribution in [0.2, 0.25) is 0 Å². The molecule has 2 N–H and O–H groups in total. The van der Waals surface area contributed by atoms with Gasteiger partial charge in [0.1, 0.15) is 12.2 Å². The second-order valence-electron chi connectivity index (χ2n) is 5.35. The molecule has 2 unspecified atom stereocenters. The maximum absolute atomic E-state index is 4.21. The Bertz CT molecular complexity index is 464. The number of nitrogens with zero attached hydrogens (tertiary/aromatic N) is 2. The topological polar surface area (TPSA) is 53.6 Å². The van der Waals surface area contributed by atoms with E-state index in [2.05, 4.69) is 71.6 Å².